The number of amides is 2. The number of hydrogen-bond acceptors (Lipinski definition) is 4. The van der Waals surface area contributed by atoms with Crippen LogP contribution in [-0.2, 0) is 14.3 Å². The van der Waals surface area contributed by atoms with E-state index in [1.54, 1.807) is 12.0 Å². The third-order valence-electron chi connectivity index (χ3n) is 3.95. The van der Waals surface area contributed by atoms with Crippen molar-refractivity contribution in [3.8, 4) is 0 Å². The van der Waals surface area contributed by atoms with E-state index in [0.717, 1.165) is 12.8 Å². The molecule has 122 valence electrons. The van der Waals surface area contributed by atoms with E-state index in [-0.39, 0.29) is 30.8 Å². The Hall–Kier alpha value is -1.14. The number of likely N-dealkylation sites (tertiary alicyclic amines) is 1. The summed E-state index contributed by atoms with van der Waals surface area (Å²) in [7, 11) is 1.60. The summed E-state index contributed by atoms with van der Waals surface area (Å²) < 4.78 is 4.96. The number of nitrogens with zero attached hydrogens (tertiary/aromatic N) is 1. The third kappa shape index (κ3) is 6.01. The second kappa shape index (κ2) is 9.73. The van der Waals surface area contributed by atoms with E-state index in [1.807, 2.05) is 0 Å². The predicted molar refractivity (Wildman–Crippen MR) is 79.7 cm³/mol. The molecule has 1 aliphatic rings. The Bertz CT molecular complexity index is 330. The van der Waals surface area contributed by atoms with Crippen LogP contribution in [0.15, 0.2) is 0 Å². The van der Waals surface area contributed by atoms with Gasteiger partial charge in [0.05, 0.1) is 12.5 Å². The molecule has 1 aliphatic heterocycles. The van der Waals surface area contributed by atoms with Gasteiger partial charge >= 0.3 is 0 Å². The van der Waals surface area contributed by atoms with E-state index in [0.29, 0.717) is 38.6 Å². The van der Waals surface area contributed by atoms with E-state index in [4.69, 9.17) is 9.84 Å². The molecule has 2 unspecified atom stereocenters. The van der Waals surface area contributed by atoms with Gasteiger partial charge in [0.1, 0.15) is 0 Å². The largest absolute Gasteiger partial charge is 0.396 e. The highest BCUT2D eigenvalue weighted by molar-refractivity contribution is 5.89. The minimum Gasteiger partial charge on any atom is -0.396 e. The van der Waals surface area contributed by atoms with Gasteiger partial charge in [0.2, 0.25) is 11.8 Å². The highest BCUT2D eigenvalue weighted by atomic mass is 16.5. The smallest absolute Gasteiger partial charge is 0.225 e. The first-order valence-electron chi connectivity index (χ1n) is 7.77. The molecule has 0 spiro atoms. The van der Waals surface area contributed by atoms with E-state index in [1.165, 1.54) is 0 Å². The topological polar surface area (TPSA) is 78.9 Å². The van der Waals surface area contributed by atoms with Crippen LogP contribution < -0.4 is 5.32 Å². The van der Waals surface area contributed by atoms with Crippen LogP contribution in [0.5, 0.6) is 0 Å². The van der Waals surface area contributed by atoms with Crippen molar-refractivity contribution in [2.24, 2.45) is 11.8 Å². The Morgan fingerprint density at radius 2 is 2.29 bits per heavy atom. The number of nitrogens with one attached hydrogen (secondary N) is 1. The van der Waals surface area contributed by atoms with Crippen molar-refractivity contribution in [3.63, 3.8) is 0 Å². The van der Waals surface area contributed by atoms with Crippen molar-refractivity contribution in [2.75, 3.05) is 40.0 Å². The normalized spacial score (nSPS) is 19.9. The van der Waals surface area contributed by atoms with Gasteiger partial charge in [0.15, 0.2) is 0 Å². The lowest BCUT2D eigenvalue weighted by Crippen LogP contribution is -2.36. The minimum absolute atomic E-state index is 0.0210. The molecule has 1 saturated heterocycles. The average Bonchev–Trinajstić information content (AvgIpc) is 2.84. The number of hydrogen-bond donors (Lipinski definition) is 2. The summed E-state index contributed by atoms with van der Waals surface area (Å²) in [5.74, 6) is 0.0198. The molecule has 2 N–H and O–H groups in total. The SMILES string of the molecule is CCCC(CCO)CNC(=O)C1CC(=O)N(CCOC)C1. The molecule has 2 amide bonds. The van der Waals surface area contributed by atoms with Gasteiger partial charge in [-0.1, -0.05) is 13.3 Å². The molecular weight excluding hydrogens is 272 g/mol. The first kappa shape index (κ1) is 17.9. The minimum atomic E-state index is -0.259. The lowest BCUT2D eigenvalue weighted by molar-refractivity contribution is -0.129. The van der Waals surface area contributed by atoms with Crippen molar-refractivity contribution < 1.29 is 19.4 Å². The standard InChI is InChI=1S/C15H28N2O4/c1-3-4-12(5-7-18)10-16-15(20)13-9-14(19)17(11-13)6-8-21-2/h12-13,18H,3-11H2,1-2H3,(H,16,20). The Kier molecular flexibility index (Phi) is 8.30. The zero-order valence-corrected chi connectivity index (χ0v) is 13.1. The van der Waals surface area contributed by atoms with Crippen molar-refractivity contribution in [3.05, 3.63) is 0 Å². The summed E-state index contributed by atoms with van der Waals surface area (Å²) >= 11 is 0. The number of aliphatic hydroxyl groups excluding tert-OH is 1. The fourth-order valence-corrected chi connectivity index (χ4v) is 2.69. The lowest BCUT2D eigenvalue weighted by atomic mass is 9.99. The van der Waals surface area contributed by atoms with E-state index in [2.05, 4.69) is 12.2 Å². The van der Waals surface area contributed by atoms with Gasteiger partial charge in [-0.25, -0.2) is 0 Å². The molecule has 0 aliphatic carbocycles. The highest BCUT2D eigenvalue weighted by Crippen LogP contribution is 2.18. The number of carbonyl (C=O) groups excluding carboxylic acids is 2. The van der Waals surface area contributed by atoms with Gasteiger partial charge in [-0.3, -0.25) is 9.59 Å². The van der Waals surface area contributed by atoms with Gasteiger partial charge < -0.3 is 20.1 Å². The molecule has 21 heavy (non-hydrogen) atoms. The zero-order valence-electron chi connectivity index (χ0n) is 13.1. The fraction of sp³-hybridized carbons (Fsp3) is 0.867. The number of ether oxygens (including phenoxy) is 1. The average molecular weight is 300 g/mol. The first-order valence-corrected chi connectivity index (χ1v) is 7.77. The molecule has 0 aromatic rings. The molecule has 1 rings (SSSR count). The summed E-state index contributed by atoms with van der Waals surface area (Å²) in [4.78, 5) is 25.6. The molecule has 0 bridgehead atoms. The van der Waals surface area contributed by atoms with Gasteiger partial charge in [0.25, 0.3) is 0 Å². The van der Waals surface area contributed by atoms with Crippen molar-refractivity contribution >= 4 is 11.8 Å². The van der Waals surface area contributed by atoms with Crippen LogP contribution in [0.1, 0.15) is 32.6 Å². The Balaban J connectivity index is 2.36. The first-order chi connectivity index (χ1) is 10.1. The molecule has 0 aromatic carbocycles. The molecule has 1 heterocycles. The number of rotatable bonds is 10. The maximum absolute atomic E-state index is 12.1. The molecule has 0 aromatic heterocycles. The van der Waals surface area contributed by atoms with Gasteiger partial charge in [-0.2, -0.15) is 0 Å². The molecule has 6 heteroatoms. The summed E-state index contributed by atoms with van der Waals surface area (Å²) in [5, 5.41) is 11.9. The summed E-state index contributed by atoms with van der Waals surface area (Å²) in [5.41, 5.74) is 0. The maximum atomic E-state index is 12.1. The van der Waals surface area contributed by atoms with E-state index in [9.17, 15) is 9.59 Å². The van der Waals surface area contributed by atoms with Crippen LogP contribution in [0.3, 0.4) is 0 Å². The van der Waals surface area contributed by atoms with Gasteiger partial charge in [0, 0.05) is 39.8 Å². The Morgan fingerprint density at radius 1 is 1.52 bits per heavy atom. The number of methoxy groups -OCH3 is 1. The van der Waals surface area contributed by atoms with Gasteiger partial charge in [-0.15, -0.1) is 0 Å². The maximum Gasteiger partial charge on any atom is 0.225 e. The van der Waals surface area contributed by atoms with Crippen LogP contribution in [-0.4, -0.2) is 61.8 Å². The predicted octanol–water partition coefficient (Wildman–Crippen LogP) is 0.396. The monoisotopic (exact) mass is 300 g/mol. The van der Waals surface area contributed by atoms with Crippen LogP contribution >= 0.6 is 0 Å². The summed E-state index contributed by atoms with van der Waals surface area (Å²) in [6.45, 7) is 4.34. The fourth-order valence-electron chi connectivity index (χ4n) is 2.69. The molecular formula is C15H28N2O4. The van der Waals surface area contributed by atoms with Crippen molar-refractivity contribution in [1.29, 1.82) is 0 Å². The molecule has 0 saturated carbocycles. The van der Waals surface area contributed by atoms with Crippen LogP contribution in [0.2, 0.25) is 0 Å². The quantitative estimate of drug-likeness (QED) is 0.612. The zero-order chi connectivity index (χ0) is 15.7. The third-order valence-corrected chi connectivity index (χ3v) is 3.95. The second-order valence-electron chi connectivity index (χ2n) is 5.65. The number of aliphatic hydroxyl groups is 1. The summed E-state index contributed by atoms with van der Waals surface area (Å²) in [6, 6.07) is 0. The molecule has 6 nitrogen and oxygen atoms in total. The van der Waals surface area contributed by atoms with E-state index >= 15 is 0 Å². The Morgan fingerprint density at radius 3 is 2.90 bits per heavy atom. The molecule has 2 atom stereocenters. The van der Waals surface area contributed by atoms with Crippen molar-refractivity contribution in [2.45, 2.75) is 32.6 Å². The summed E-state index contributed by atoms with van der Waals surface area (Å²) in [6.07, 6.45) is 3.02. The van der Waals surface area contributed by atoms with Crippen molar-refractivity contribution in [1.82, 2.24) is 10.2 Å². The molecule has 0 radical (unpaired) electrons. The second-order valence-corrected chi connectivity index (χ2v) is 5.65. The number of carbonyl (C=O) groups is 2. The van der Waals surface area contributed by atoms with Crippen LogP contribution in [0, 0.1) is 11.8 Å². The highest BCUT2D eigenvalue weighted by Gasteiger charge is 2.33. The molecule has 1 fully saturated rings. The van der Waals surface area contributed by atoms with E-state index < -0.39 is 0 Å². The van der Waals surface area contributed by atoms with Crippen LogP contribution in [0.25, 0.3) is 0 Å². The lowest BCUT2D eigenvalue weighted by Gasteiger charge is -2.18. The van der Waals surface area contributed by atoms with Crippen LogP contribution in [0.4, 0.5) is 0 Å². The van der Waals surface area contributed by atoms with Gasteiger partial charge in [-0.05, 0) is 18.8 Å². The Labute approximate surface area is 126 Å².